The van der Waals surface area contributed by atoms with Crippen LogP contribution < -0.4 is 5.73 Å². The molecule has 1 heterocycles. The smallest absolute Gasteiger partial charge is 0.209 e. The standard InChI is InChI=1S/C5H11NO2S/c6-1-4-5(8)3(7)2-9-4/h4H,1-2,6H2,9H4. The third kappa shape index (κ3) is 1.14. The van der Waals surface area contributed by atoms with Crippen molar-refractivity contribution in [1.29, 1.82) is 0 Å². The molecule has 54 valence electrons. The molecule has 1 aliphatic rings. The second-order valence-electron chi connectivity index (χ2n) is 2.26. The van der Waals surface area contributed by atoms with Gasteiger partial charge in [0.25, 0.3) is 0 Å². The molecule has 0 amide bonds. The third-order valence-corrected chi connectivity index (χ3v) is 3.79. The van der Waals surface area contributed by atoms with Gasteiger partial charge in [0.2, 0.25) is 11.6 Å². The van der Waals surface area contributed by atoms with Crippen LogP contribution in [0.2, 0.25) is 0 Å². The predicted molar refractivity (Wildman–Crippen MR) is 40.9 cm³/mol. The topological polar surface area (TPSA) is 60.2 Å². The highest BCUT2D eigenvalue weighted by atomic mass is 32.2. The minimum absolute atomic E-state index is 0.0301. The van der Waals surface area contributed by atoms with Gasteiger partial charge in [0.1, 0.15) is 0 Å². The van der Waals surface area contributed by atoms with Crippen molar-refractivity contribution in [1.82, 2.24) is 0 Å². The molecule has 0 saturated carbocycles. The summed E-state index contributed by atoms with van der Waals surface area (Å²) in [5.41, 5.74) is 5.25. The van der Waals surface area contributed by atoms with Gasteiger partial charge in [0.15, 0.2) is 0 Å². The van der Waals surface area contributed by atoms with Crippen molar-refractivity contribution in [3.05, 3.63) is 0 Å². The Morgan fingerprint density at radius 1 is 1.67 bits per heavy atom. The fraction of sp³-hybridized carbons (Fsp3) is 0.600. The summed E-state index contributed by atoms with van der Waals surface area (Å²) in [7, 11) is 0. The number of carbonyl (C=O) groups excluding carboxylic acids is 2. The van der Waals surface area contributed by atoms with Gasteiger partial charge in [-0.3, -0.25) is 21.4 Å². The summed E-state index contributed by atoms with van der Waals surface area (Å²) in [5, 5.41) is -0.0301. The zero-order chi connectivity index (χ0) is 6.85. The van der Waals surface area contributed by atoms with Crippen LogP contribution in [0.1, 0.15) is 0 Å². The van der Waals surface area contributed by atoms with E-state index >= 15 is 0 Å². The second-order valence-corrected chi connectivity index (χ2v) is 4.32. The molecule has 2 N–H and O–H groups in total. The SMILES string of the molecule is NCC1[SH4]CC(=O)C1=O. The van der Waals surface area contributed by atoms with Crippen molar-refractivity contribution in [3.8, 4) is 0 Å². The van der Waals surface area contributed by atoms with Gasteiger partial charge in [-0.15, -0.1) is 0 Å². The molecule has 1 saturated heterocycles. The van der Waals surface area contributed by atoms with Crippen LogP contribution in [0.5, 0.6) is 0 Å². The number of nitrogens with two attached hydrogens (primary N) is 1. The van der Waals surface area contributed by atoms with Gasteiger partial charge < -0.3 is 5.73 Å². The Bertz CT molecular complexity index is 157. The summed E-state index contributed by atoms with van der Waals surface area (Å²) in [4.78, 5) is 21.3. The van der Waals surface area contributed by atoms with Crippen LogP contribution in [0.4, 0.5) is 0 Å². The molecule has 4 heteroatoms. The van der Waals surface area contributed by atoms with Crippen molar-refractivity contribution >= 4 is 23.3 Å². The minimum Gasteiger partial charge on any atom is -0.329 e. The lowest BCUT2D eigenvalue weighted by molar-refractivity contribution is -0.133. The molecule has 3 nitrogen and oxygen atoms in total. The summed E-state index contributed by atoms with van der Waals surface area (Å²) in [6, 6.07) is 0. The minimum atomic E-state index is -0.462. The van der Waals surface area contributed by atoms with Crippen LogP contribution >= 0.6 is 11.8 Å². The number of carbonyl (C=O) groups is 2. The average molecular weight is 149 g/mol. The first kappa shape index (κ1) is 6.77. The average Bonchev–Trinajstić information content (AvgIpc) is 2.15. The molecule has 0 aromatic carbocycles. The van der Waals surface area contributed by atoms with E-state index in [1.54, 1.807) is 0 Å². The van der Waals surface area contributed by atoms with E-state index < -0.39 is 11.8 Å². The first-order valence-corrected chi connectivity index (χ1v) is 4.84. The van der Waals surface area contributed by atoms with E-state index in [9.17, 15) is 9.59 Å². The van der Waals surface area contributed by atoms with Gasteiger partial charge in [-0.1, -0.05) is 0 Å². The lowest BCUT2D eigenvalue weighted by Gasteiger charge is -2.01. The number of rotatable bonds is 1. The van der Waals surface area contributed by atoms with Crippen LogP contribution in [0.15, 0.2) is 0 Å². The maximum Gasteiger partial charge on any atom is 0.209 e. The zero-order valence-electron chi connectivity index (χ0n) is 5.09. The van der Waals surface area contributed by atoms with Gasteiger partial charge in [-0.2, -0.15) is 0 Å². The number of ketones is 2. The lowest BCUT2D eigenvalue weighted by Crippen LogP contribution is -2.25. The first-order valence-electron chi connectivity index (χ1n) is 3.03. The predicted octanol–water partition coefficient (Wildman–Crippen LogP) is -1.87. The van der Waals surface area contributed by atoms with E-state index in [1.807, 2.05) is 0 Å². The van der Waals surface area contributed by atoms with Crippen LogP contribution in [-0.2, 0) is 9.59 Å². The van der Waals surface area contributed by atoms with Crippen molar-refractivity contribution in [2.75, 3.05) is 12.3 Å². The molecular weight excluding hydrogens is 138 g/mol. The zero-order valence-corrected chi connectivity index (χ0v) is 6.51. The summed E-state index contributed by atoms with van der Waals surface area (Å²) in [5.74, 6) is 0.155. The van der Waals surface area contributed by atoms with E-state index in [1.165, 1.54) is 0 Å². The van der Waals surface area contributed by atoms with E-state index in [4.69, 9.17) is 5.73 Å². The summed E-state index contributed by atoms with van der Waals surface area (Å²) < 4.78 is 0. The lowest BCUT2D eigenvalue weighted by atomic mass is 10.2. The Morgan fingerprint density at radius 2 is 2.33 bits per heavy atom. The van der Waals surface area contributed by atoms with E-state index in [0.29, 0.717) is 12.3 Å². The highest BCUT2D eigenvalue weighted by Crippen LogP contribution is 2.18. The quantitative estimate of drug-likeness (QED) is 0.444. The van der Waals surface area contributed by atoms with Gasteiger partial charge in [0.05, 0.1) is 0 Å². The molecule has 9 heavy (non-hydrogen) atoms. The molecule has 1 unspecified atom stereocenters. The van der Waals surface area contributed by atoms with Gasteiger partial charge in [0, 0.05) is 17.5 Å². The molecule has 1 fully saturated rings. The number of hydrogen-bond acceptors (Lipinski definition) is 3. The molecule has 0 aromatic rings. The molecule has 0 spiro atoms. The largest absolute Gasteiger partial charge is 0.329 e. The first-order chi connectivity index (χ1) is 4.25. The summed E-state index contributed by atoms with van der Waals surface area (Å²) >= 11 is -0.462. The molecule has 0 aliphatic carbocycles. The van der Waals surface area contributed by atoms with Crippen LogP contribution in [0.3, 0.4) is 0 Å². The van der Waals surface area contributed by atoms with Crippen molar-refractivity contribution in [3.63, 3.8) is 0 Å². The number of hydrogen-bond donors (Lipinski definition) is 1. The maximum atomic E-state index is 10.7. The van der Waals surface area contributed by atoms with Crippen molar-refractivity contribution < 1.29 is 9.59 Å². The maximum absolute atomic E-state index is 10.7. The van der Waals surface area contributed by atoms with Crippen molar-refractivity contribution in [2.24, 2.45) is 5.73 Å². The highest BCUT2D eigenvalue weighted by Gasteiger charge is 2.28. The Morgan fingerprint density at radius 3 is 2.56 bits per heavy atom. The fourth-order valence-electron chi connectivity index (χ4n) is 1.01. The molecule has 1 aliphatic heterocycles. The highest BCUT2D eigenvalue weighted by molar-refractivity contribution is 8.02. The van der Waals surface area contributed by atoms with Gasteiger partial charge in [-0.25, -0.2) is 0 Å². The van der Waals surface area contributed by atoms with Gasteiger partial charge in [-0.05, 0) is 0 Å². The van der Waals surface area contributed by atoms with Crippen LogP contribution in [0.25, 0.3) is 0 Å². The molecule has 1 rings (SSSR count). The molecular formula is C5H11NO2S. The van der Waals surface area contributed by atoms with Crippen LogP contribution in [0, 0.1) is 0 Å². The Labute approximate surface area is 57.0 Å². The number of Topliss-reactive ketones (excluding diaryl/α,β-unsaturated/α-hetero) is 2. The summed E-state index contributed by atoms with van der Waals surface area (Å²) in [6.07, 6.45) is 0. The van der Waals surface area contributed by atoms with E-state index in [-0.39, 0.29) is 16.8 Å². The van der Waals surface area contributed by atoms with Gasteiger partial charge >= 0.3 is 0 Å². The molecule has 0 bridgehead atoms. The van der Waals surface area contributed by atoms with E-state index in [2.05, 4.69) is 0 Å². The van der Waals surface area contributed by atoms with Crippen LogP contribution in [-0.4, -0.2) is 29.1 Å². The Balaban J connectivity index is 2.62. The monoisotopic (exact) mass is 149 g/mol. The summed E-state index contributed by atoms with van der Waals surface area (Å²) in [6.45, 7) is 0.386. The Hall–Kier alpha value is -0.350. The van der Waals surface area contributed by atoms with Crippen molar-refractivity contribution in [2.45, 2.75) is 5.25 Å². The Kier molecular flexibility index (Phi) is 1.87. The second kappa shape index (κ2) is 2.49. The fourth-order valence-corrected chi connectivity index (χ4v) is 2.59. The molecule has 0 aromatic heterocycles. The molecule has 0 radical (unpaired) electrons. The molecule has 1 atom stereocenters. The normalized spacial score (nSPS) is 28.3. The van der Waals surface area contributed by atoms with E-state index in [0.717, 1.165) is 0 Å². The third-order valence-electron chi connectivity index (χ3n) is 1.65.